The standard InChI is InChI=1S/C18H29N5O2/c1-13-5-6-15(25-13)18(24)23-10-3-4-14(8-11-23)22(2)12-17-20-9-7-16(19)21-17/h7,9,13-15H,3-6,8,10-12H2,1-2H3,(H2,19,20,21)/t13-,14+,15-/m1/s1. The lowest BCUT2D eigenvalue weighted by Gasteiger charge is -2.27. The molecule has 0 spiro atoms. The van der Waals surface area contributed by atoms with E-state index in [0.29, 0.717) is 18.4 Å². The lowest BCUT2D eigenvalue weighted by atomic mass is 10.1. The first-order chi connectivity index (χ1) is 12.0. The van der Waals surface area contributed by atoms with Gasteiger partial charge in [0.25, 0.3) is 5.91 Å². The molecule has 1 aromatic heterocycles. The molecule has 1 amide bonds. The van der Waals surface area contributed by atoms with E-state index < -0.39 is 0 Å². The molecule has 138 valence electrons. The molecule has 2 aliphatic heterocycles. The molecule has 7 heteroatoms. The van der Waals surface area contributed by atoms with E-state index in [2.05, 4.69) is 21.9 Å². The average Bonchev–Trinajstić information content (AvgIpc) is 2.87. The zero-order chi connectivity index (χ0) is 17.8. The van der Waals surface area contributed by atoms with Crippen LogP contribution in [0, 0.1) is 0 Å². The highest BCUT2D eigenvalue weighted by atomic mass is 16.5. The van der Waals surface area contributed by atoms with Gasteiger partial charge in [-0.1, -0.05) is 0 Å². The molecule has 25 heavy (non-hydrogen) atoms. The smallest absolute Gasteiger partial charge is 0.251 e. The Morgan fingerprint density at radius 2 is 2.20 bits per heavy atom. The number of anilines is 1. The number of nitrogens with two attached hydrogens (primary N) is 1. The molecule has 3 atom stereocenters. The number of hydrogen-bond acceptors (Lipinski definition) is 6. The number of aromatic nitrogens is 2. The maximum atomic E-state index is 12.7. The van der Waals surface area contributed by atoms with Gasteiger partial charge in [0.2, 0.25) is 0 Å². The number of likely N-dealkylation sites (tertiary alicyclic amines) is 1. The van der Waals surface area contributed by atoms with E-state index >= 15 is 0 Å². The topological polar surface area (TPSA) is 84.6 Å². The van der Waals surface area contributed by atoms with Crippen LogP contribution in [-0.2, 0) is 16.1 Å². The molecule has 0 radical (unpaired) electrons. The van der Waals surface area contributed by atoms with Gasteiger partial charge in [-0.15, -0.1) is 0 Å². The second kappa shape index (κ2) is 8.10. The van der Waals surface area contributed by atoms with Gasteiger partial charge in [-0.05, 0) is 52.1 Å². The molecule has 0 aliphatic carbocycles. The first-order valence-electron chi connectivity index (χ1n) is 9.25. The Bertz CT molecular complexity index is 597. The third kappa shape index (κ3) is 4.67. The summed E-state index contributed by atoms with van der Waals surface area (Å²) in [6, 6.07) is 2.12. The van der Waals surface area contributed by atoms with Crippen LogP contribution < -0.4 is 5.73 Å². The molecule has 7 nitrogen and oxygen atoms in total. The fraction of sp³-hybridized carbons (Fsp3) is 0.722. The van der Waals surface area contributed by atoms with Gasteiger partial charge >= 0.3 is 0 Å². The number of hydrogen-bond donors (Lipinski definition) is 1. The second-order valence-corrected chi connectivity index (χ2v) is 7.24. The lowest BCUT2D eigenvalue weighted by molar-refractivity contribution is -0.142. The highest BCUT2D eigenvalue weighted by molar-refractivity contribution is 5.81. The predicted molar refractivity (Wildman–Crippen MR) is 95.7 cm³/mol. The van der Waals surface area contributed by atoms with Crippen LogP contribution >= 0.6 is 0 Å². The molecule has 2 N–H and O–H groups in total. The zero-order valence-corrected chi connectivity index (χ0v) is 15.2. The minimum atomic E-state index is -0.232. The molecule has 2 aliphatic rings. The normalized spacial score (nSPS) is 27.5. The minimum Gasteiger partial charge on any atom is -0.384 e. The number of carbonyl (C=O) groups excluding carboxylic acids is 1. The van der Waals surface area contributed by atoms with Crippen LogP contribution in [0.15, 0.2) is 12.3 Å². The van der Waals surface area contributed by atoms with E-state index in [4.69, 9.17) is 10.5 Å². The van der Waals surface area contributed by atoms with Crippen LogP contribution in [0.4, 0.5) is 5.82 Å². The number of carbonyl (C=O) groups is 1. The lowest BCUT2D eigenvalue weighted by Crippen LogP contribution is -2.40. The summed E-state index contributed by atoms with van der Waals surface area (Å²) in [6.07, 6.45) is 6.56. The maximum absolute atomic E-state index is 12.7. The number of rotatable bonds is 4. The van der Waals surface area contributed by atoms with Crippen molar-refractivity contribution in [3.8, 4) is 0 Å². The molecule has 0 bridgehead atoms. The van der Waals surface area contributed by atoms with Crippen molar-refractivity contribution in [1.82, 2.24) is 19.8 Å². The van der Waals surface area contributed by atoms with Crippen molar-refractivity contribution in [3.63, 3.8) is 0 Å². The van der Waals surface area contributed by atoms with Crippen molar-refractivity contribution in [2.24, 2.45) is 0 Å². The van der Waals surface area contributed by atoms with Gasteiger partial charge < -0.3 is 15.4 Å². The van der Waals surface area contributed by atoms with Crippen LogP contribution in [0.2, 0.25) is 0 Å². The molecule has 3 heterocycles. The number of amides is 1. The summed E-state index contributed by atoms with van der Waals surface area (Å²) >= 11 is 0. The van der Waals surface area contributed by atoms with Gasteiger partial charge in [-0.2, -0.15) is 0 Å². The molecule has 3 rings (SSSR count). The third-order valence-electron chi connectivity index (χ3n) is 5.26. The van der Waals surface area contributed by atoms with Gasteiger partial charge in [0.05, 0.1) is 12.6 Å². The Kier molecular flexibility index (Phi) is 5.86. The SMILES string of the molecule is C[C@@H]1CC[C@H](C(=O)N2CCC[C@H](N(C)Cc3nccc(N)n3)CC2)O1. The number of nitrogen functional groups attached to an aromatic ring is 1. The fourth-order valence-electron chi connectivity index (χ4n) is 3.77. The van der Waals surface area contributed by atoms with Crippen LogP contribution in [0.5, 0.6) is 0 Å². The molecule has 1 aromatic rings. The van der Waals surface area contributed by atoms with Crippen LogP contribution in [-0.4, -0.2) is 64.1 Å². The Morgan fingerprint density at radius 3 is 2.92 bits per heavy atom. The summed E-state index contributed by atoms with van der Waals surface area (Å²) in [6.45, 7) is 4.33. The van der Waals surface area contributed by atoms with Crippen molar-refractivity contribution in [2.45, 2.75) is 63.8 Å². The summed E-state index contributed by atoms with van der Waals surface area (Å²) in [5.74, 6) is 1.42. The quantitative estimate of drug-likeness (QED) is 0.887. The largest absolute Gasteiger partial charge is 0.384 e. The first kappa shape index (κ1) is 18.1. The monoisotopic (exact) mass is 347 g/mol. The summed E-state index contributed by atoms with van der Waals surface area (Å²) in [4.78, 5) is 25.5. The first-order valence-corrected chi connectivity index (χ1v) is 9.25. The number of ether oxygens (including phenoxy) is 1. The summed E-state index contributed by atoms with van der Waals surface area (Å²) in [5.41, 5.74) is 5.73. The van der Waals surface area contributed by atoms with Crippen molar-refractivity contribution in [2.75, 3.05) is 25.9 Å². The molecule has 0 aromatic carbocycles. The van der Waals surface area contributed by atoms with Gasteiger partial charge in [-0.3, -0.25) is 9.69 Å². The number of nitrogens with zero attached hydrogens (tertiary/aromatic N) is 4. The Hall–Kier alpha value is -1.73. The van der Waals surface area contributed by atoms with E-state index in [9.17, 15) is 4.79 Å². The zero-order valence-electron chi connectivity index (χ0n) is 15.2. The highest BCUT2D eigenvalue weighted by Gasteiger charge is 2.33. The molecule has 2 saturated heterocycles. The van der Waals surface area contributed by atoms with Gasteiger partial charge in [0, 0.05) is 25.3 Å². The average molecular weight is 347 g/mol. The van der Waals surface area contributed by atoms with Crippen molar-refractivity contribution >= 4 is 11.7 Å². The van der Waals surface area contributed by atoms with E-state index in [0.717, 1.165) is 51.0 Å². The predicted octanol–water partition coefficient (Wildman–Crippen LogP) is 1.44. The van der Waals surface area contributed by atoms with Gasteiger partial charge in [-0.25, -0.2) is 9.97 Å². The fourth-order valence-corrected chi connectivity index (χ4v) is 3.77. The summed E-state index contributed by atoms with van der Waals surface area (Å²) < 4.78 is 5.75. The van der Waals surface area contributed by atoms with Gasteiger partial charge in [0.1, 0.15) is 17.7 Å². The van der Waals surface area contributed by atoms with E-state index in [-0.39, 0.29) is 18.1 Å². The highest BCUT2D eigenvalue weighted by Crippen LogP contribution is 2.23. The summed E-state index contributed by atoms with van der Waals surface area (Å²) in [5, 5.41) is 0. The van der Waals surface area contributed by atoms with E-state index in [1.54, 1.807) is 12.3 Å². The second-order valence-electron chi connectivity index (χ2n) is 7.24. The maximum Gasteiger partial charge on any atom is 0.251 e. The third-order valence-corrected chi connectivity index (χ3v) is 5.26. The molecule has 0 unspecified atom stereocenters. The Balaban J connectivity index is 1.53. The van der Waals surface area contributed by atoms with Crippen molar-refractivity contribution < 1.29 is 9.53 Å². The Labute approximate surface area is 149 Å². The van der Waals surface area contributed by atoms with E-state index in [1.807, 2.05) is 11.8 Å². The Morgan fingerprint density at radius 1 is 1.36 bits per heavy atom. The molecule has 0 saturated carbocycles. The van der Waals surface area contributed by atoms with E-state index in [1.165, 1.54) is 0 Å². The van der Waals surface area contributed by atoms with Crippen LogP contribution in [0.3, 0.4) is 0 Å². The summed E-state index contributed by atoms with van der Waals surface area (Å²) in [7, 11) is 2.09. The molecular formula is C18H29N5O2. The molecule has 2 fully saturated rings. The van der Waals surface area contributed by atoms with Crippen LogP contribution in [0.1, 0.15) is 44.9 Å². The minimum absolute atomic E-state index is 0.173. The molecular weight excluding hydrogens is 318 g/mol. The van der Waals surface area contributed by atoms with Crippen molar-refractivity contribution in [3.05, 3.63) is 18.1 Å². The van der Waals surface area contributed by atoms with Crippen LogP contribution in [0.25, 0.3) is 0 Å². The van der Waals surface area contributed by atoms with Crippen molar-refractivity contribution in [1.29, 1.82) is 0 Å². The van der Waals surface area contributed by atoms with Gasteiger partial charge in [0.15, 0.2) is 0 Å².